The van der Waals surface area contributed by atoms with Gasteiger partial charge in [0.05, 0.1) is 17.8 Å². The Morgan fingerprint density at radius 3 is 2.79 bits per heavy atom. The second-order valence-corrected chi connectivity index (χ2v) is 10.0. The van der Waals surface area contributed by atoms with Crippen molar-refractivity contribution in [2.45, 2.75) is 77.1 Å². The van der Waals surface area contributed by atoms with Crippen molar-refractivity contribution in [2.24, 2.45) is 22.7 Å². The fourth-order valence-electron chi connectivity index (χ4n) is 7.13. The molecule has 0 amide bonds. The molecule has 1 aromatic heterocycles. The molecule has 3 fully saturated rings. The zero-order valence-corrected chi connectivity index (χ0v) is 16.9. The SMILES string of the molecule is CC(=O)OC1CCC(C)(C)C2(O)CC3OC(=O)C4c5ccoc5CC(C34)C12C. The van der Waals surface area contributed by atoms with Gasteiger partial charge in [-0.25, -0.2) is 0 Å². The van der Waals surface area contributed by atoms with E-state index in [-0.39, 0.29) is 35.8 Å². The Bertz CT molecular complexity index is 855. The molecule has 1 aliphatic heterocycles. The van der Waals surface area contributed by atoms with E-state index in [4.69, 9.17) is 13.9 Å². The summed E-state index contributed by atoms with van der Waals surface area (Å²) in [6, 6.07) is 1.87. The standard InChI is InChI=1S/C22H28O6/c1-11(23)27-16-5-7-20(2,3)22(25)10-15-18-13(21(16,22)4)9-14-12(6-8-26-14)17(18)19(24)28-15/h6,8,13,15-18,25H,5,7,9-10H2,1-4H3. The molecule has 1 aromatic rings. The summed E-state index contributed by atoms with van der Waals surface area (Å²) < 4.78 is 17.4. The van der Waals surface area contributed by atoms with Crippen LogP contribution in [0.4, 0.5) is 0 Å². The third-order valence-electron chi connectivity index (χ3n) is 8.61. The largest absolute Gasteiger partial charge is 0.469 e. The lowest BCUT2D eigenvalue weighted by Crippen LogP contribution is -2.73. The van der Waals surface area contributed by atoms with Gasteiger partial charge < -0.3 is 19.0 Å². The number of aliphatic hydroxyl groups is 1. The third-order valence-corrected chi connectivity index (χ3v) is 8.61. The fraction of sp³-hybridized carbons (Fsp3) is 0.727. The van der Waals surface area contributed by atoms with Gasteiger partial charge in [-0.1, -0.05) is 20.8 Å². The normalized spacial score (nSPS) is 45.5. The Balaban J connectivity index is 1.70. The molecule has 152 valence electrons. The maximum atomic E-state index is 12.8. The maximum Gasteiger partial charge on any atom is 0.314 e. The Hall–Kier alpha value is -1.82. The van der Waals surface area contributed by atoms with Crippen LogP contribution in [0.3, 0.4) is 0 Å². The Morgan fingerprint density at radius 1 is 1.32 bits per heavy atom. The van der Waals surface area contributed by atoms with Crippen LogP contribution in [0.2, 0.25) is 0 Å². The zero-order valence-electron chi connectivity index (χ0n) is 16.9. The van der Waals surface area contributed by atoms with Gasteiger partial charge in [-0.3, -0.25) is 9.59 Å². The van der Waals surface area contributed by atoms with E-state index in [0.29, 0.717) is 19.3 Å². The highest BCUT2D eigenvalue weighted by Crippen LogP contribution is 2.69. The van der Waals surface area contributed by atoms with Crippen molar-refractivity contribution in [3.8, 4) is 0 Å². The molecule has 3 aliphatic carbocycles. The molecule has 1 N–H and O–H groups in total. The van der Waals surface area contributed by atoms with Gasteiger partial charge >= 0.3 is 11.9 Å². The molecular weight excluding hydrogens is 360 g/mol. The summed E-state index contributed by atoms with van der Waals surface area (Å²) in [6.07, 6.45) is 3.34. The number of esters is 2. The summed E-state index contributed by atoms with van der Waals surface area (Å²) in [6.45, 7) is 7.62. The average Bonchev–Trinajstić information content (AvgIpc) is 3.19. The first-order valence-corrected chi connectivity index (χ1v) is 10.3. The molecule has 7 atom stereocenters. The van der Waals surface area contributed by atoms with E-state index in [1.165, 1.54) is 6.92 Å². The summed E-state index contributed by atoms with van der Waals surface area (Å²) in [5.41, 5.74) is -1.29. The fourth-order valence-corrected chi connectivity index (χ4v) is 7.13. The summed E-state index contributed by atoms with van der Waals surface area (Å²) in [5, 5.41) is 12.2. The number of furan rings is 1. The second kappa shape index (κ2) is 5.41. The molecule has 2 heterocycles. The molecule has 2 saturated carbocycles. The van der Waals surface area contributed by atoms with Crippen molar-refractivity contribution in [1.29, 1.82) is 0 Å². The lowest BCUT2D eigenvalue weighted by atomic mass is 9.40. The average molecular weight is 388 g/mol. The van der Waals surface area contributed by atoms with Gasteiger partial charge in [-0.2, -0.15) is 0 Å². The lowest BCUT2D eigenvalue weighted by molar-refractivity contribution is -0.289. The molecule has 6 heteroatoms. The Morgan fingerprint density at radius 2 is 2.07 bits per heavy atom. The smallest absolute Gasteiger partial charge is 0.314 e. The highest BCUT2D eigenvalue weighted by molar-refractivity contribution is 5.82. The van der Waals surface area contributed by atoms with E-state index >= 15 is 0 Å². The van der Waals surface area contributed by atoms with Gasteiger partial charge in [0.2, 0.25) is 0 Å². The van der Waals surface area contributed by atoms with Crippen LogP contribution in [-0.4, -0.2) is 34.9 Å². The third kappa shape index (κ3) is 1.97. The molecule has 7 unspecified atom stereocenters. The highest BCUT2D eigenvalue weighted by atomic mass is 16.6. The van der Waals surface area contributed by atoms with Gasteiger partial charge in [0, 0.05) is 36.7 Å². The summed E-state index contributed by atoms with van der Waals surface area (Å²) in [4.78, 5) is 24.7. The van der Waals surface area contributed by atoms with Crippen LogP contribution in [0.15, 0.2) is 16.7 Å². The van der Waals surface area contributed by atoms with Crippen molar-refractivity contribution < 1.29 is 28.6 Å². The van der Waals surface area contributed by atoms with Gasteiger partial charge in [-0.15, -0.1) is 0 Å². The van der Waals surface area contributed by atoms with Crippen LogP contribution in [0.1, 0.15) is 64.2 Å². The number of rotatable bonds is 1. The number of carbonyl (C=O) groups excluding carboxylic acids is 2. The van der Waals surface area contributed by atoms with Crippen molar-refractivity contribution in [1.82, 2.24) is 0 Å². The topological polar surface area (TPSA) is 86.0 Å². The molecule has 0 bridgehead atoms. The molecule has 4 aliphatic rings. The first-order valence-electron chi connectivity index (χ1n) is 10.3. The molecule has 1 saturated heterocycles. The van der Waals surface area contributed by atoms with Crippen molar-refractivity contribution >= 4 is 11.9 Å². The summed E-state index contributed by atoms with van der Waals surface area (Å²) in [5.74, 6) is -0.235. The van der Waals surface area contributed by atoms with Gasteiger partial charge in [-0.05, 0) is 30.2 Å². The number of ether oxygens (including phenoxy) is 2. The minimum atomic E-state index is -1.12. The van der Waals surface area contributed by atoms with Crippen LogP contribution < -0.4 is 0 Å². The first-order chi connectivity index (χ1) is 13.1. The van der Waals surface area contributed by atoms with E-state index in [1.807, 2.05) is 6.07 Å². The van der Waals surface area contributed by atoms with Crippen LogP contribution in [0.25, 0.3) is 0 Å². The molecule has 0 spiro atoms. The number of carbonyl (C=O) groups is 2. The zero-order chi connectivity index (χ0) is 20.1. The number of hydrogen-bond acceptors (Lipinski definition) is 6. The predicted molar refractivity (Wildman–Crippen MR) is 98.3 cm³/mol. The minimum absolute atomic E-state index is 0.0326. The van der Waals surface area contributed by atoms with E-state index in [0.717, 1.165) is 17.7 Å². The molecule has 5 rings (SSSR count). The van der Waals surface area contributed by atoms with Crippen molar-refractivity contribution in [3.63, 3.8) is 0 Å². The number of hydrogen-bond donors (Lipinski definition) is 1. The maximum absolute atomic E-state index is 12.8. The Kier molecular flexibility index (Phi) is 3.52. The molecule has 0 radical (unpaired) electrons. The van der Waals surface area contributed by atoms with Gasteiger partial charge in [0.15, 0.2) is 0 Å². The van der Waals surface area contributed by atoms with E-state index in [9.17, 15) is 14.7 Å². The molecular formula is C22H28O6. The lowest BCUT2D eigenvalue weighted by Gasteiger charge is -2.67. The molecule has 0 aromatic carbocycles. The van der Waals surface area contributed by atoms with E-state index in [1.54, 1.807) is 6.26 Å². The van der Waals surface area contributed by atoms with Crippen LogP contribution >= 0.6 is 0 Å². The highest BCUT2D eigenvalue weighted by Gasteiger charge is 2.74. The van der Waals surface area contributed by atoms with Gasteiger partial charge in [0.1, 0.15) is 18.0 Å². The molecule has 28 heavy (non-hydrogen) atoms. The van der Waals surface area contributed by atoms with E-state index in [2.05, 4.69) is 20.8 Å². The quantitative estimate of drug-likeness (QED) is 0.745. The van der Waals surface area contributed by atoms with Crippen LogP contribution in [-0.2, 0) is 25.5 Å². The minimum Gasteiger partial charge on any atom is -0.469 e. The Labute approximate surface area is 164 Å². The summed E-state index contributed by atoms with van der Waals surface area (Å²) in [7, 11) is 0. The first kappa shape index (κ1) is 18.2. The number of fused-ring (bicyclic) bond motifs is 4. The molecule has 6 nitrogen and oxygen atoms in total. The van der Waals surface area contributed by atoms with Gasteiger partial charge in [0.25, 0.3) is 0 Å². The second-order valence-electron chi connectivity index (χ2n) is 10.0. The van der Waals surface area contributed by atoms with Crippen molar-refractivity contribution in [3.05, 3.63) is 23.7 Å². The monoisotopic (exact) mass is 388 g/mol. The van der Waals surface area contributed by atoms with Crippen LogP contribution in [0.5, 0.6) is 0 Å². The predicted octanol–water partition coefficient (Wildman–Crippen LogP) is 2.97. The summed E-state index contributed by atoms with van der Waals surface area (Å²) >= 11 is 0. The van der Waals surface area contributed by atoms with Crippen molar-refractivity contribution in [2.75, 3.05) is 0 Å². The van der Waals surface area contributed by atoms with Crippen LogP contribution in [0, 0.1) is 22.7 Å². The van der Waals surface area contributed by atoms with E-state index < -0.39 is 22.5 Å².